The molecule has 2 amide bonds. The number of hydrogen-bond acceptors (Lipinski definition) is 3. The Kier molecular flexibility index (Phi) is 4.85. The highest BCUT2D eigenvalue weighted by Crippen LogP contribution is 2.30. The van der Waals surface area contributed by atoms with Gasteiger partial charge in [-0.15, -0.1) is 0 Å². The minimum absolute atomic E-state index is 0.171. The minimum Gasteiger partial charge on any atom is -0.486 e. The van der Waals surface area contributed by atoms with Crippen LogP contribution in [0.1, 0.15) is 5.69 Å². The van der Waals surface area contributed by atoms with Gasteiger partial charge in [-0.05, 0) is 18.2 Å². The highest BCUT2D eigenvalue weighted by molar-refractivity contribution is 6.30. The molecule has 0 aliphatic carbocycles. The van der Waals surface area contributed by atoms with Gasteiger partial charge in [-0.1, -0.05) is 23.7 Å². The van der Waals surface area contributed by atoms with Crippen LogP contribution in [0.15, 0.2) is 36.5 Å². The van der Waals surface area contributed by atoms with Crippen LogP contribution in [0.4, 0.5) is 4.79 Å². The molecule has 1 N–H and O–H groups in total. The van der Waals surface area contributed by atoms with Crippen molar-refractivity contribution in [2.75, 3.05) is 20.2 Å². The molecule has 7 heteroatoms. The number of fused-ring (bicyclic) bond motifs is 1. The Hall–Kier alpha value is -2.34. The van der Waals surface area contributed by atoms with Crippen molar-refractivity contribution in [2.24, 2.45) is 7.05 Å². The van der Waals surface area contributed by atoms with Crippen molar-refractivity contribution in [3.05, 3.63) is 47.2 Å². The molecular weight excluding hydrogens is 330 g/mol. The van der Waals surface area contributed by atoms with Gasteiger partial charge in [0.15, 0.2) is 17.6 Å². The number of nitrogens with one attached hydrogen (secondary N) is 1. The van der Waals surface area contributed by atoms with Gasteiger partial charge in [0.05, 0.1) is 18.1 Å². The predicted octanol–water partition coefficient (Wildman–Crippen LogP) is 2.66. The van der Waals surface area contributed by atoms with Gasteiger partial charge in [0, 0.05) is 26.0 Å². The first-order valence-corrected chi connectivity index (χ1v) is 8.09. The fourth-order valence-electron chi connectivity index (χ4n) is 2.54. The van der Waals surface area contributed by atoms with E-state index in [1.807, 2.05) is 48.1 Å². The molecule has 0 bridgehead atoms. The van der Waals surface area contributed by atoms with E-state index in [0.29, 0.717) is 30.5 Å². The Labute approximate surface area is 145 Å². The molecule has 1 aromatic heterocycles. The number of hydrogen-bond donors (Lipinski definition) is 1. The lowest BCUT2D eigenvalue weighted by atomic mass is 10.2. The van der Waals surface area contributed by atoms with Gasteiger partial charge in [0.1, 0.15) is 6.61 Å². The van der Waals surface area contributed by atoms with Gasteiger partial charge in [0.25, 0.3) is 0 Å². The zero-order chi connectivity index (χ0) is 17.1. The van der Waals surface area contributed by atoms with E-state index in [-0.39, 0.29) is 12.1 Å². The molecule has 0 spiro atoms. The summed E-state index contributed by atoms with van der Waals surface area (Å²) in [4.78, 5) is 13.8. The van der Waals surface area contributed by atoms with Gasteiger partial charge in [-0.25, -0.2) is 4.79 Å². The minimum atomic E-state index is -0.207. The van der Waals surface area contributed by atoms with E-state index in [2.05, 4.69) is 5.32 Å². The monoisotopic (exact) mass is 349 g/mol. The number of para-hydroxylation sites is 2. The van der Waals surface area contributed by atoms with Crippen LogP contribution in [0.2, 0.25) is 5.02 Å². The van der Waals surface area contributed by atoms with Gasteiger partial charge in [-0.3, -0.25) is 0 Å². The van der Waals surface area contributed by atoms with Gasteiger partial charge < -0.3 is 24.3 Å². The Balaban J connectivity index is 1.50. The number of aromatic nitrogens is 1. The molecule has 1 aliphatic heterocycles. The van der Waals surface area contributed by atoms with Gasteiger partial charge in [-0.2, -0.15) is 0 Å². The largest absolute Gasteiger partial charge is 0.486 e. The Bertz CT molecular complexity index is 732. The summed E-state index contributed by atoms with van der Waals surface area (Å²) >= 11 is 5.96. The summed E-state index contributed by atoms with van der Waals surface area (Å²) in [7, 11) is 3.64. The molecule has 0 saturated carbocycles. The number of aryl methyl sites for hydroxylation is 1. The van der Waals surface area contributed by atoms with Crippen molar-refractivity contribution in [3.63, 3.8) is 0 Å². The number of halogens is 1. The summed E-state index contributed by atoms with van der Waals surface area (Å²) in [6.45, 7) is 1.26. The molecule has 2 heterocycles. The predicted molar refractivity (Wildman–Crippen MR) is 91.6 cm³/mol. The van der Waals surface area contributed by atoms with Crippen LogP contribution in [-0.4, -0.2) is 41.8 Å². The van der Waals surface area contributed by atoms with Crippen LogP contribution in [0.25, 0.3) is 0 Å². The van der Waals surface area contributed by atoms with Crippen molar-refractivity contribution in [1.82, 2.24) is 14.8 Å². The van der Waals surface area contributed by atoms with Crippen LogP contribution in [0, 0.1) is 0 Å². The lowest BCUT2D eigenvalue weighted by molar-refractivity contribution is 0.0904. The third kappa shape index (κ3) is 3.76. The zero-order valence-electron chi connectivity index (χ0n) is 13.7. The molecule has 2 aromatic rings. The van der Waals surface area contributed by atoms with E-state index in [0.717, 1.165) is 11.4 Å². The smallest absolute Gasteiger partial charge is 0.317 e. The normalized spacial score (nSPS) is 15.9. The lowest BCUT2D eigenvalue weighted by Crippen LogP contribution is -2.45. The first-order valence-electron chi connectivity index (χ1n) is 7.71. The molecule has 0 radical (unpaired) electrons. The molecule has 3 rings (SSSR count). The van der Waals surface area contributed by atoms with E-state index in [9.17, 15) is 4.79 Å². The number of amides is 2. The molecule has 128 valence electrons. The third-order valence-electron chi connectivity index (χ3n) is 3.87. The molecule has 0 unspecified atom stereocenters. The molecule has 24 heavy (non-hydrogen) atoms. The molecule has 0 fully saturated rings. The topological polar surface area (TPSA) is 55.7 Å². The average Bonchev–Trinajstić information content (AvgIpc) is 2.89. The van der Waals surface area contributed by atoms with E-state index >= 15 is 0 Å². The van der Waals surface area contributed by atoms with Gasteiger partial charge >= 0.3 is 6.03 Å². The number of ether oxygens (including phenoxy) is 2. The molecule has 6 nitrogen and oxygen atoms in total. The average molecular weight is 350 g/mol. The first kappa shape index (κ1) is 16.5. The van der Waals surface area contributed by atoms with Crippen LogP contribution in [0.5, 0.6) is 11.5 Å². The maximum absolute atomic E-state index is 12.2. The highest BCUT2D eigenvalue weighted by Gasteiger charge is 2.21. The molecule has 1 aliphatic rings. The molecule has 1 atom stereocenters. The summed E-state index contributed by atoms with van der Waals surface area (Å²) in [5.41, 5.74) is 0.962. The lowest BCUT2D eigenvalue weighted by Gasteiger charge is -2.27. The quantitative estimate of drug-likeness (QED) is 0.923. The SMILES string of the molecule is CN(Cc1cc(Cl)cn1C)C(=O)NC[C@@H]1COc2ccccc2O1. The second kappa shape index (κ2) is 7.05. The van der Waals surface area contributed by atoms with Crippen molar-refractivity contribution in [3.8, 4) is 11.5 Å². The number of carbonyl (C=O) groups excluding carboxylic acids is 1. The Morgan fingerprint density at radius 1 is 1.42 bits per heavy atom. The van der Waals surface area contributed by atoms with E-state index in [4.69, 9.17) is 21.1 Å². The summed E-state index contributed by atoms with van der Waals surface area (Å²) in [6, 6.07) is 9.18. The van der Waals surface area contributed by atoms with Crippen molar-refractivity contribution < 1.29 is 14.3 Å². The highest BCUT2D eigenvalue weighted by atomic mass is 35.5. The summed E-state index contributed by atoms with van der Waals surface area (Å²) in [5, 5.41) is 3.53. The fraction of sp³-hybridized carbons (Fsp3) is 0.353. The molecule has 1 aromatic carbocycles. The van der Waals surface area contributed by atoms with E-state index in [1.54, 1.807) is 11.9 Å². The maximum atomic E-state index is 12.2. The van der Waals surface area contributed by atoms with Gasteiger partial charge in [0.2, 0.25) is 0 Å². The fourth-order valence-corrected chi connectivity index (χ4v) is 2.81. The Morgan fingerprint density at radius 3 is 2.88 bits per heavy atom. The zero-order valence-corrected chi connectivity index (χ0v) is 14.4. The standard InChI is InChI=1S/C17H20ClN3O3/c1-20-9-12(18)7-13(20)10-21(2)17(22)19-8-14-11-23-15-5-3-4-6-16(15)24-14/h3-7,9,14H,8,10-11H2,1-2H3,(H,19,22)/t14-/m1/s1. The number of rotatable bonds is 4. The molecular formula is C17H20ClN3O3. The summed E-state index contributed by atoms with van der Waals surface area (Å²) in [5.74, 6) is 1.44. The van der Waals surface area contributed by atoms with Crippen LogP contribution in [0.3, 0.4) is 0 Å². The van der Waals surface area contributed by atoms with Crippen molar-refractivity contribution in [2.45, 2.75) is 12.6 Å². The van der Waals surface area contributed by atoms with Crippen molar-refractivity contribution in [1.29, 1.82) is 0 Å². The first-order chi connectivity index (χ1) is 11.5. The number of carbonyl (C=O) groups is 1. The second-order valence-corrected chi connectivity index (χ2v) is 6.24. The van der Waals surface area contributed by atoms with E-state index < -0.39 is 0 Å². The maximum Gasteiger partial charge on any atom is 0.317 e. The van der Waals surface area contributed by atoms with Crippen molar-refractivity contribution >= 4 is 17.6 Å². The summed E-state index contributed by atoms with van der Waals surface area (Å²) in [6.07, 6.45) is 1.61. The van der Waals surface area contributed by atoms with Crippen LogP contribution < -0.4 is 14.8 Å². The number of nitrogens with zero attached hydrogens (tertiary/aromatic N) is 2. The van der Waals surface area contributed by atoms with Crippen LogP contribution in [-0.2, 0) is 13.6 Å². The second-order valence-electron chi connectivity index (χ2n) is 5.80. The van der Waals surface area contributed by atoms with Crippen LogP contribution >= 0.6 is 11.6 Å². The number of benzene rings is 1. The van der Waals surface area contributed by atoms with E-state index in [1.165, 1.54) is 0 Å². The third-order valence-corrected chi connectivity index (χ3v) is 4.08. The molecule has 0 saturated heterocycles. The number of urea groups is 1. The Morgan fingerprint density at radius 2 is 2.17 bits per heavy atom. The summed E-state index contributed by atoms with van der Waals surface area (Å²) < 4.78 is 13.4.